The lowest BCUT2D eigenvalue weighted by Crippen LogP contribution is -2.46. The van der Waals surface area contributed by atoms with Gasteiger partial charge in [-0.25, -0.2) is 0 Å². The Morgan fingerprint density at radius 3 is 2.67 bits per heavy atom. The molecule has 1 fully saturated rings. The topological polar surface area (TPSA) is 74.8 Å². The molecule has 0 aromatic carbocycles. The van der Waals surface area contributed by atoms with Crippen LogP contribution in [0.15, 0.2) is 24.5 Å². The summed E-state index contributed by atoms with van der Waals surface area (Å²) in [6.45, 7) is 7.34. The van der Waals surface area contributed by atoms with Crippen LogP contribution >= 0.6 is 0 Å². The zero-order valence-corrected chi connectivity index (χ0v) is 14.2. The number of carbonyl (C=O) groups is 2. The lowest BCUT2D eigenvalue weighted by molar-refractivity contribution is -0.145. The summed E-state index contributed by atoms with van der Waals surface area (Å²) in [6.07, 6.45) is 4.17. The van der Waals surface area contributed by atoms with Crippen molar-refractivity contribution >= 4 is 11.8 Å². The maximum Gasteiger partial charge on any atom is 0.311 e. The minimum absolute atomic E-state index is 0.464. The fraction of sp³-hybridized carbons (Fsp3) is 0.588. The molecule has 1 aromatic heterocycles. The highest BCUT2D eigenvalue weighted by atomic mass is 16.5. The highest BCUT2D eigenvalue weighted by Crippen LogP contribution is 2.01. The second-order valence-electron chi connectivity index (χ2n) is 5.70. The van der Waals surface area contributed by atoms with Crippen molar-refractivity contribution in [1.82, 2.24) is 20.1 Å². The number of nitrogens with one attached hydrogen (secondary N) is 1. The number of rotatable bonds is 7. The van der Waals surface area contributed by atoms with Crippen molar-refractivity contribution < 1.29 is 14.3 Å². The number of morpholine rings is 1. The Labute approximate surface area is 143 Å². The first kappa shape index (κ1) is 18.4. The minimum Gasteiger partial charge on any atom is -0.379 e. The van der Waals surface area contributed by atoms with Gasteiger partial charge in [0.05, 0.1) is 13.2 Å². The van der Waals surface area contributed by atoms with Crippen LogP contribution in [0, 0.1) is 0 Å². The summed E-state index contributed by atoms with van der Waals surface area (Å²) < 4.78 is 5.28. The maximum absolute atomic E-state index is 12.2. The van der Waals surface area contributed by atoms with Crippen LogP contribution in [0.3, 0.4) is 0 Å². The first-order chi connectivity index (χ1) is 11.7. The Balaban J connectivity index is 1.71. The van der Waals surface area contributed by atoms with E-state index in [4.69, 9.17) is 4.74 Å². The molecule has 0 saturated carbocycles. The van der Waals surface area contributed by atoms with Crippen LogP contribution in [0.5, 0.6) is 0 Å². The molecule has 7 nitrogen and oxygen atoms in total. The molecule has 1 saturated heterocycles. The van der Waals surface area contributed by atoms with Crippen LogP contribution in [0.4, 0.5) is 0 Å². The van der Waals surface area contributed by atoms with Crippen LogP contribution in [0.1, 0.15) is 12.5 Å². The van der Waals surface area contributed by atoms with E-state index in [1.165, 1.54) is 0 Å². The average Bonchev–Trinajstić information content (AvgIpc) is 2.63. The zero-order chi connectivity index (χ0) is 17.2. The van der Waals surface area contributed by atoms with Crippen molar-refractivity contribution in [3.63, 3.8) is 0 Å². The van der Waals surface area contributed by atoms with E-state index in [9.17, 15) is 9.59 Å². The SMILES string of the molecule is CCN(CCc1ccncc1)C(=O)C(=O)NCCN1CCOCC1. The molecule has 1 aromatic rings. The number of hydrogen-bond donors (Lipinski definition) is 1. The fourth-order valence-electron chi connectivity index (χ4n) is 2.59. The maximum atomic E-state index is 12.2. The normalized spacial score (nSPS) is 15.0. The lowest BCUT2D eigenvalue weighted by atomic mass is 10.2. The number of carbonyl (C=O) groups excluding carboxylic acids is 2. The number of likely N-dealkylation sites (N-methyl/N-ethyl adjacent to an activating group) is 1. The molecule has 0 bridgehead atoms. The van der Waals surface area contributed by atoms with Gasteiger partial charge in [0.25, 0.3) is 0 Å². The molecule has 24 heavy (non-hydrogen) atoms. The monoisotopic (exact) mass is 334 g/mol. The Morgan fingerprint density at radius 1 is 1.29 bits per heavy atom. The highest BCUT2D eigenvalue weighted by Gasteiger charge is 2.20. The van der Waals surface area contributed by atoms with E-state index >= 15 is 0 Å². The number of pyridine rings is 1. The fourth-order valence-corrected chi connectivity index (χ4v) is 2.59. The average molecular weight is 334 g/mol. The van der Waals surface area contributed by atoms with E-state index in [0.717, 1.165) is 38.4 Å². The van der Waals surface area contributed by atoms with Gasteiger partial charge in [0.1, 0.15) is 0 Å². The van der Waals surface area contributed by atoms with Crippen molar-refractivity contribution in [2.75, 3.05) is 52.5 Å². The Bertz CT molecular complexity index is 518. The molecule has 2 rings (SSSR count). The quantitative estimate of drug-likeness (QED) is 0.706. The van der Waals surface area contributed by atoms with E-state index < -0.39 is 11.8 Å². The number of nitrogens with zero attached hydrogens (tertiary/aromatic N) is 3. The third-order valence-corrected chi connectivity index (χ3v) is 4.10. The Hall–Kier alpha value is -1.99. The standard InChI is InChI=1S/C17H26N4O3/c1-2-21(9-5-15-3-6-18-7-4-15)17(23)16(22)19-8-10-20-11-13-24-14-12-20/h3-4,6-7H,2,5,8-14H2,1H3,(H,19,22). The van der Waals surface area contributed by atoms with Gasteiger partial charge in [-0.1, -0.05) is 0 Å². The first-order valence-corrected chi connectivity index (χ1v) is 8.46. The molecule has 1 aliphatic heterocycles. The van der Waals surface area contributed by atoms with Gasteiger partial charge in [0, 0.05) is 51.7 Å². The predicted octanol–water partition coefficient (Wildman–Crippen LogP) is -0.0790. The summed E-state index contributed by atoms with van der Waals surface area (Å²) in [4.78, 5) is 32.0. The molecule has 7 heteroatoms. The highest BCUT2D eigenvalue weighted by molar-refractivity contribution is 6.35. The van der Waals surface area contributed by atoms with Crippen molar-refractivity contribution in [2.24, 2.45) is 0 Å². The summed E-state index contributed by atoms with van der Waals surface area (Å²) in [5, 5.41) is 2.72. The molecule has 0 unspecified atom stereocenters. The van der Waals surface area contributed by atoms with Crippen molar-refractivity contribution in [2.45, 2.75) is 13.3 Å². The minimum atomic E-state index is -0.528. The third-order valence-electron chi connectivity index (χ3n) is 4.10. The van der Waals surface area contributed by atoms with Crippen LogP contribution in [-0.4, -0.2) is 79.1 Å². The second-order valence-corrected chi connectivity index (χ2v) is 5.70. The van der Waals surface area contributed by atoms with Crippen LogP contribution < -0.4 is 5.32 Å². The Kier molecular flexibility index (Phi) is 7.64. The van der Waals surface area contributed by atoms with Crippen LogP contribution in [-0.2, 0) is 20.7 Å². The van der Waals surface area contributed by atoms with Gasteiger partial charge in [0.15, 0.2) is 0 Å². The third kappa shape index (κ3) is 5.90. The molecular formula is C17H26N4O3. The Morgan fingerprint density at radius 2 is 2.00 bits per heavy atom. The molecule has 0 spiro atoms. The van der Waals surface area contributed by atoms with Gasteiger partial charge in [-0.3, -0.25) is 19.5 Å². The summed E-state index contributed by atoms with van der Waals surface area (Å²) in [5.41, 5.74) is 1.10. The van der Waals surface area contributed by atoms with Gasteiger partial charge in [-0.05, 0) is 31.0 Å². The van der Waals surface area contributed by atoms with Gasteiger partial charge in [0.2, 0.25) is 0 Å². The molecule has 0 aliphatic carbocycles. The number of hydrogen-bond acceptors (Lipinski definition) is 5. The second kappa shape index (κ2) is 10.00. The van der Waals surface area contributed by atoms with Crippen LogP contribution in [0.2, 0.25) is 0 Å². The molecule has 1 aliphatic rings. The molecule has 132 valence electrons. The van der Waals surface area contributed by atoms with Crippen molar-refractivity contribution in [3.05, 3.63) is 30.1 Å². The van der Waals surface area contributed by atoms with Crippen LogP contribution in [0.25, 0.3) is 0 Å². The van der Waals surface area contributed by atoms with E-state index in [2.05, 4.69) is 15.2 Å². The summed E-state index contributed by atoms with van der Waals surface area (Å²) >= 11 is 0. The number of ether oxygens (including phenoxy) is 1. The molecule has 0 radical (unpaired) electrons. The van der Waals surface area contributed by atoms with E-state index in [-0.39, 0.29) is 0 Å². The zero-order valence-electron chi connectivity index (χ0n) is 14.2. The van der Waals surface area contributed by atoms with Gasteiger partial charge < -0.3 is 15.0 Å². The molecule has 1 N–H and O–H groups in total. The largest absolute Gasteiger partial charge is 0.379 e. The molecule has 2 heterocycles. The summed E-state index contributed by atoms with van der Waals surface area (Å²) in [5.74, 6) is -0.992. The summed E-state index contributed by atoms with van der Waals surface area (Å²) in [6, 6.07) is 3.83. The van der Waals surface area contributed by atoms with E-state index in [0.29, 0.717) is 26.1 Å². The predicted molar refractivity (Wildman–Crippen MR) is 90.5 cm³/mol. The molecule has 0 atom stereocenters. The van der Waals surface area contributed by atoms with E-state index in [1.807, 2.05) is 19.1 Å². The number of amides is 2. The number of aromatic nitrogens is 1. The molecular weight excluding hydrogens is 308 g/mol. The molecule has 2 amide bonds. The van der Waals surface area contributed by atoms with Crippen molar-refractivity contribution in [3.8, 4) is 0 Å². The summed E-state index contributed by atoms with van der Waals surface area (Å²) in [7, 11) is 0. The smallest absolute Gasteiger partial charge is 0.311 e. The van der Waals surface area contributed by atoms with Gasteiger partial charge in [-0.2, -0.15) is 0 Å². The first-order valence-electron chi connectivity index (χ1n) is 8.46. The van der Waals surface area contributed by atoms with Gasteiger partial charge in [-0.15, -0.1) is 0 Å². The lowest BCUT2D eigenvalue weighted by Gasteiger charge is -2.26. The van der Waals surface area contributed by atoms with E-state index in [1.54, 1.807) is 17.3 Å². The van der Waals surface area contributed by atoms with Crippen molar-refractivity contribution in [1.29, 1.82) is 0 Å². The van der Waals surface area contributed by atoms with Gasteiger partial charge >= 0.3 is 11.8 Å².